The van der Waals surface area contributed by atoms with Crippen LogP contribution in [0.15, 0.2) is 12.1 Å². The number of rotatable bonds is 1. The molecule has 1 atom stereocenters. The standard InChI is InChI=1S/C15H18N2O4/c1-17-11-6-9-4-2-3-5-10(9)7-12(11)20-8-13(14(17)18)21-15(16)19/h6-7,13H,2-5,8H2,1H3,(H2,16,19)/t13-/m0/s1. The molecule has 1 aliphatic carbocycles. The Kier molecular flexibility index (Phi) is 3.45. The molecule has 0 unspecified atom stereocenters. The van der Waals surface area contributed by atoms with Crippen molar-refractivity contribution in [1.29, 1.82) is 0 Å². The molecule has 6 nitrogen and oxygen atoms in total. The predicted molar refractivity (Wildman–Crippen MR) is 76.4 cm³/mol. The normalized spacial score (nSPS) is 20.9. The first kappa shape index (κ1) is 13.7. The van der Waals surface area contributed by atoms with Gasteiger partial charge in [0.1, 0.15) is 12.4 Å². The molecule has 0 spiro atoms. The summed E-state index contributed by atoms with van der Waals surface area (Å²) >= 11 is 0. The largest absolute Gasteiger partial charge is 0.487 e. The van der Waals surface area contributed by atoms with Gasteiger partial charge in [0.05, 0.1) is 5.69 Å². The third kappa shape index (κ3) is 2.53. The topological polar surface area (TPSA) is 81.9 Å². The molecule has 1 aromatic carbocycles. The van der Waals surface area contributed by atoms with Gasteiger partial charge in [-0.2, -0.15) is 0 Å². The van der Waals surface area contributed by atoms with E-state index in [1.165, 1.54) is 22.4 Å². The van der Waals surface area contributed by atoms with Crippen molar-refractivity contribution in [2.45, 2.75) is 31.8 Å². The first-order valence-corrected chi connectivity index (χ1v) is 7.08. The molecule has 6 heteroatoms. The van der Waals surface area contributed by atoms with Crippen molar-refractivity contribution in [3.8, 4) is 5.75 Å². The third-order valence-electron chi connectivity index (χ3n) is 4.04. The molecular formula is C15H18N2O4. The number of carbonyl (C=O) groups is 2. The lowest BCUT2D eigenvalue weighted by molar-refractivity contribution is -0.127. The van der Waals surface area contributed by atoms with Gasteiger partial charge in [0.15, 0.2) is 0 Å². The number of hydrogen-bond donors (Lipinski definition) is 1. The van der Waals surface area contributed by atoms with Crippen molar-refractivity contribution in [3.05, 3.63) is 23.3 Å². The zero-order chi connectivity index (χ0) is 15.0. The fraction of sp³-hybridized carbons (Fsp3) is 0.467. The van der Waals surface area contributed by atoms with Gasteiger partial charge in [-0.05, 0) is 48.9 Å². The van der Waals surface area contributed by atoms with Crippen molar-refractivity contribution < 1.29 is 19.1 Å². The Morgan fingerprint density at radius 1 is 1.33 bits per heavy atom. The highest BCUT2D eigenvalue weighted by Crippen LogP contribution is 2.36. The van der Waals surface area contributed by atoms with Gasteiger partial charge in [0.25, 0.3) is 5.91 Å². The Morgan fingerprint density at radius 2 is 2.00 bits per heavy atom. The van der Waals surface area contributed by atoms with Crippen LogP contribution in [0.5, 0.6) is 5.75 Å². The van der Waals surface area contributed by atoms with Crippen molar-refractivity contribution in [1.82, 2.24) is 0 Å². The van der Waals surface area contributed by atoms with Gasteiger partial charge in [0.2, 0.25) is 6.10 Å². The average Bonchev–Trinajstić information content (AvgIpc) is 2.58. The highest BCUT2D eigenvalue weighted by Gasteiger charge is 2.32. The van der Waals surface area contributed by atoms with Crippen LogP contribution in [0.25, 0.3) is 0 Å². The SMILES string of the molecule is CN1C(=O)[C@@H](OC(N)=O)COc2cc3c(cc21)CCCC3. The van der Waals surface area contributed by atoms with E-state index in [1.807, 2.05) is 12.1 Å². The van der Waals surface area contributed by atoms with Crippen LogP contribution in [0.4, 0.5) is 10.5 Å². The summed E-state index contributed by atoms with van der Waals surface area (Å²) in [6, 6.07) is 4.01. The van der Waals surface area contributed by atoms with E-state index in [2.05, 4.69) is 0 Å². The third-order valence-corrected chi connectivity index (χ3v) is 4.04. The van der Waals surface area contributed by atoms with Crippen LogP contribution < -0.4 is 15.4 Å². The maximum atomic E-state index is 12.3. The summed E-state index contributed by atoms with van der Waals surface area (Å²) in [6.07, 6.45) is 2.41. The predicted octanol–water partition coefficient (Wildman–Crippen LogP) is 1.38. The molecule has 0 saturated heterocycles. The zero-order valence-corrected chi connectivity index (χ0v) is 11.9. The molecule has 2 aliphatic rings. The summed E-state index contributed by atoms with van der Waals surface area (Å²) < 4.78 is 10.5. The van der Waals surface area contributed by atoms with Crippen LogP contribution >= 0.6 is 0 Å². The number of nitrogens with two attached hydrogens (primary N) is 1. The van der Waals surface area contributed by atoms with Gasteiger partial charge in [-0.3, -0.25) is 4.79 Å². The molecule has 0 radical (unpaired) electrons. The first-order valence-electron chi connectivity index (χ1n) is 7.08. The van der Waals surface area contributed by atoms with Gasteiger partial charge in [-0.1, -0.05) is 0 Å². The highest BCUT2D eigenvalue weighted by atomic mass is 16.6. The Balaban J connectivity index is 1.95. The number of hydrogen-bond acceptors (Lipinski definition) is 4. The molecule has 112 valence electrons. The maximum Gasteiger partial charge on any atom is 0.405 e. The van der Waals surface area contributed by atoms with Crippen LogP contribution in [0, 0.1) is 0 Å². The summed E-state index contributed by atoms with van der Waals surface area (Å²) in [4.78, 5) is 24.7. The minimum atomic E-state index is -1.00. The number of aryl methyl sites for hydroxylation is 2. The fourth-order valence-electron chi connectivity index (χ4n) is 2.92. The molecule has 1 aromatic rings. The second kappa shape index (κ2) is 5.27. The van der Waals surface area contributed by atoms with Crippen LogP contribution in [0.3, 0.4) is 0 Å². The van der Waals surface area contributed by atoms with E-state index in [-0.39, 0.29) is 12.5 Å². The van der Waals surface area contributed by atoms with Crippen molar-refractivity contribution >= 4 is 17.7 Å². The lowest BCUT2D eigenvalue weighted by Gasteiger charge is -2.22. The fourth-order valence-corrected chi connectivity index (χ4v) is 2.92. The Morgan fingerprint density at radius 3 is 2.67 bits per heavy atom. The number of fused-ring (bicyclic) bond motifs is 2. The summed E-state index contributed by atoms with van der Waals surface area (Å²) in [5.74, 6) is 0.324. The zero-order valence-electron chi connectivity index (χ0n) is 11.9. The second-order valence-corrected chi connectivity index (χ2v) is 5.43. The molecule has 0 saturated carbocycles. The van der Waals surface area contributed by atoms with Gasteiger partial charge in [-0.15, -0.1) is 0 Å². The number of ether oxygens (including phenoxy) is 2. The Labute approximate surface area is 122 Å². The van der Waals surface area contributed by atoms with Crippen LogP contribution in [-0.2, 0) is 22.4 Å². The summed E-state index contributed by atoms with van der Waals surface area (Å²) in [5.41, 5.74) is 8.25. The van der Waals surface area contributed by atoms with Crippen molar-refractivity contribution in [2.24, 2.45) is 5.73 Å². The van der Waals surface area contributed by atoms with Crippen LogP contribution in [0.2, 0.25) is 0 Å². The molecule has 1 aliphatic heterocycles. The number of benzene rings is 1. The van der Waals surface area contributed by atoms with Crippen LogP contribution in [-0.4, -0.2) is 31.8 Å². The van der Waals surface area contributed by atoms with E-state index in [4.69, 9.17) is 15.2 Å². The molecule has 0 fully saturated rings. The monoisotopic (exact) mass is 290 g/mol. The number of likely N-dealkylation sites (N-methyl/N-ethyl adjacent to an activating group) is 1. The molecule has 2 N–H and O–H groups in total. The van der Waals surface area contributed by atoms with Gasteiger partial charge < -0.3 is 20.1 Å². The number of primary amides is 1. The van der Waals surface area contributed by atoms with Gasteiger partial charge in [0, 0.05) is 7.05 Å². The van der Waals surface area contributed by atoms with Gasteiger partial charge in [-0.25, -0.2) is 4.79 Å². The molecule has 0 aromatic heterocycles. The van der Waals surface area contributed by atoms with Crippen molar-refractivity contribution in [3.63, 3.8) is 0 Å². The van der Waals surface area contributed by atoms with E-state index < -0.39 is 12.2 Å². The second-order valence-electron chi connectivity index (χ2n) is 5.43. The molecule has 1 heterocycles. The van der Waals surface area contributed by atoms with Crippen molar-refractivity contribution in [2.75, 3.05) is 18.6 Å². The van der Waals surface area contributed by atoms with E-state index >= 15 is 0 Å². The first-order chi connectivity index (χ1) is 10.1. The summed E-state index contributed by atoms with van der Waals surface area (Å²) in [7, 11) is 1.66. The lowest BCUT2D eigenvalue weighted by Crippen LogP contribution is -2.41. The molecule has 0 bridgehead atoms. The van der Waals surface area contributed by atoms with Gasteiger partial charge >= 0.3 is 6.09 Å². The molecule has 2 amide bonds. The minimum absolute atomic E-state index is 0.0160. The number of carbonyl (C=O) groups excluding carboxylic acids is 2. The summed E-state index contributed by atoms with van der Waals surface area (Å²) in [5, 5.41) is 0. The molecular weight excluding hydrogens is 272 g/mol. The molecule has 21 heavy (non-hydrogen) atoms. The van der Waals surface area contributed by atoms with Crippen LogP contribution in [0.1, 0.15) is 24.0 Å². The minimum Gasteiger partial charge on any atom is -0.487 e. The smallest absolute Gasteiger partial charge is 0.405 e. The quantitative estimate of drug-likeness (QED) is 0.847. The summed E-state index contributed by atoms with van der Waals surface area (Å²) in [6.45, 7) is -0.0160. The average molecular weight is 290 g/mol. The lowest BCUT2D eigenvalue weighted by atomic mass is 9.91. The van der Waals surface area contributed by atoms with E-state index in [0.717, 1.165) is 24.9 Å². The maximum absolute atomic E-state index is 12.3. The van der Waals surface area contributed by atoms with E-state index in [0.29, 0.717) is 5.75 Å². The Bertz CT molecular complexity index is 600. The highest BCUT2D eigenvalue weighted by molar-refractivity contribution is 5.99. The number of amides is 2. The van der Waals surface area contributed by atoms with E-state index in [1.54, 1.807) is 7.05 Å². The molecule has 3 rings (SSSR count). The Hall–Kier alpha value is -2.24. The van der Waals surface area contributed by atoms with E-state index in [9.17, 15) is 9.59 Å². The number of anilines is 1. The number of nitrogens with zero attached hydrogens (tertiary/aromatic N) is 1.